The molecule has 1 N–H and O–H groups in total. The summed E-state index contributed by atoms with van der Waals surface area (Å²) in [5, 5.41) is 11.2. The molecule has 2 heterocycles. The highest BCUT2D eigenvalue weighted by molar-refractivity contribution is 6.46. The fourth-order valence-electron chi connectivity index (χ4n) is 3.94. The highest BCUT2D eigenvalue weighted by Crippen LogP contribution is 2.41. The minimum absolute atomic E-state index is 0.0661. The van der Waals surface area contributed by atoms with Gasteiger partial charge in [-0.25, -0.2) is 0 Å². The molecule has 0 bridgehead atoms. The molecule has 6 heteroatoms. The van der Waals surface area contributed by atoms with Crippen LogP contribution in [0.2, 0.25) is 0 Å². The summed E-state index contributed by atoms with van der Waals surface area (Å²) in [5.41, 5.74) is 3.14. The average molecular weight is 428 g/mol. The second-order valence-corrected chi connectivity index (χ2v) is 7.62. The number of methoxy groups -OCH3 is 1. The summed E-state index contributed by atoms with van der Waals surface area (Å²) in [5.74, 6) is -0.957. The van der Waals surface area contributed by atoms with Crippen LogP contribution in [-0.4, -0.2) is 33.8 Å². The number of carbonyl (C=O) groups is 2. The third kappa shape index (κ3) is 3.99. The lowest BCUT2D eigenvalue weighted by atomic mass is 9.94. The topological polar surface area (TPSA) is 79.7 Å². The quantitative estimate of drug-likeness (QED) is 0.360. The number of pyridine rings is 1. The molecule has 2 aromatic carbocycles. The van der Waals surface area contributed by atoms with Crippen molar-refractivity contribution in [1.82, 2.24) is 9.88 Å². The Morgan fingerprint density at radius 2 is 1.84 bits per heavy atom. The molecule has 3 aromatic rings. The molecule has 1 aliphatic heterocycles. The van der Waals surface area contributed by atoms with Crippen LogP contribution in [0.3, 0.4) is 0 Å². The molecule has 1 aliphatic rings. The van der Waals surface area contributed by atoms with E-state index in [2.05, 4.69) is 4.98 Å². The van der Waals surface area contributed by atoms with Crippen molar-refractivity contribution in [2.24, 2.45) is 0 Å². The van der Waals surface area contributed by atoms with Gasteiger partial charge in [0.25, 0.3) is 11.7 Å². The van der Waals surface area contributed by atoms with Gasteiger partial charge in [0.05, 0.1) is 18.7 Å². The summed E-state index contributed by atoms with van der Waals surface area (Å²) < 4.78 is 5.35. The van der Waals surface area contributed by atoms with Crippen molar-refractivity contribution in [2.75, 3.05) is 7.11 Å². The number of ether oxygens (including phenoxy) is 1. The van der Waals surface area contributed by atoms with Gasteiger partial charge < -0.3 is 14.7 Å². The first-order chi connectivity index (χ1) is 15.5. The summed E-state index contributed by atoms with van der Waals surface area (Å²) >= 11 is 0. The van der Waals surface area contributed by atoms with E-state index in [-0.39, 0.29) is 17.9 Å². The number of Topliss-reactive ketones (excluding diaryl/α,β-unsaturated/α-hetero) is 1. The number of hydrogen-bond donors (Lipinski definition) is 1. The highest BCUT2D eigenvalue weighted by atomic mass is 16.5. The molecule has 0 radical (unpaired) electrons. The normalized spacial score (nSPS) is 17.6. The van der Waals surface area contributed by atoms with Crippen molar-refractivity contribution in [2.45, 2.75) is 25.9 Å². The maximum Gasteiger partial charge on any atom is 0.295 e. The SMILES string of the molecule is CCc1ccc(/C(O)=C2/C(=O)C(=O)N(Cc3cccnc3)C2c2cccc(OC)c2)cc1. The number of rotatable bonds is 6. The van der Waals surface area contributed by atoms with E-state index in [1.807, 2.05) is 31.2 Å². The summed E-state index contributed by atoms with van der Waals surface area (Å²) in [7, 11) is 1.56. The van der Waals surface area contributed by atoms with Crippen LogP contribution in [0.1, 0.15) is 35.2 Å². The van der Waals surface area contributed by atoms with Crippen molar-refractivity contribution >= 4 is 17.4 Å². The van der Waals surface area contributed by atoms with E-state index in [0.29, 0.717) is 16.9 Å². The van der Waals surface area contributed by atoms with Crippen LogP contribution in [0.15, 0.2) is 78.6 Å². The van der Waals surface area contributed by atoms with Crippen LogP contribution >= 0.6 is 0 Å². The number of ketones is 1. The fourth-order valence-corrected chi connectivity index (χ4v) is 3.94. The molecule has 162 valence electrons. The molecule has 1 fully saturated rings. The molecule has 1 amide bonds. The molecule has 0 saturated carbocycles. The predicted molar refractivity (Wildman–Crippen MR) is 121 cm³/mol. The van der Waals surface area contributed by atoms with E-state index in [1.165, 1.54) is 4.90 Å². The Kier molecular flexibility index (Phi) is 6.03. The summed E-state index contributed by atoms with van der Waals surface area (Å²) in [6, 6.07) is 17.4. The minimum atomic E-state index is -0.754. The van der Waals surface area contributed by atoms with Crippen LogP contribution in [0.5, 0.6) is 5.75 Å². The van der Waals surface area contributed by atoms with Gasteiger partial charge in [-0.05, 0) is 41.3 Å². The van der Waals surface area contributed by atoms with E-state index in [0.717, 1.165) is 17.5 Å². The molecular weight excluding hydrogens is 404 g/mol. The van der Waals surface area contributed by atoms with Gasteiger partial charge in [0, 0.05) is 24.5 Å². The predicted octanol–water partition coefficient (Wildman–Crippen LogP) is 4.27. The number of benzene rings is 2. The lowest BCUT2D eigenvalue weighted by molar-refractivity contribution is -0.140. The maximum absolute atomic E-state index is 13.1. The molecule has 1 unspecified atom stereocenters. The van der Waals surface area contributed by atoms with Crippen molar-refractivity contribution in [3.63, 3.8) is 0 Å². The monoisotopic (exact) mass is 428 g/mol. The smallest absolute Gasteiger partial charge is 0.295 e. The average Bonchev–Trinajstić information content (AvgIpc) is 3.09. The number of likely N-dealkylation sites (tertiary alicyclic amines) is 1. The lowest BCUT2D eigenvalue weighted by Gasteiger charge is -2.25. The van der Waals surface area contributed by atoms with Crippen molar-refractivity contribution in [1.29, 1.82) is 0 Å². The van der Waals surface area contributed by atoms with Gasteiger partial charge in [0.2, 0.25) is 0 Å². The number of carbonyl (C=O) groups excluding carboxylic acids is 2. The van der Waals surface area contributed by atoms with Crippen LogP contribution in [0, 0.1) is 0 Å². The van der Waals surface area contributed by atoms with Gasteiger partial charge in [-0.3, -0.25) is 14.6 Å². The van der Waals surface area contributed by atoms with Crippen molar-refractivity contribution < 1.29 is 19.4 Å². The zero-order valence-electron chi connectivity index (χ0n) is 18.0. The van der Waals surface area contributed by atoms with Gasteiger partial charge in [0.15, 0.2) is 0 Å². The second kappa shape index (κ2) is 9.06. The third-order valence-corrected chi connectivity index (χ3v) is 5.66. The van der Waals surface area contributed by atoms with Crippen LogP contribution in [0.4, 0.5) is 0 Å². The van der Waals surface area contributed by atoms with Gasteiger partial charge in [-0.2, -0.15) is 0 Å². The van der Waals surface area contributed by atoms with Crippen molar-refractivity contribution in [3.8, 4) is 5.75 Å². The maximum atomic E-state index is 13.1. The number of aromatic nitrogens is 1. The zero-order valence-corrected chi connectivity index (χ0v) is 18.0. The van der Waals surface area contributed by atoms with E-state index < -0.39 is 17.7 Å². The summed E-state index contributed by atoms with van der Waals surface area (Å²) in [6.07, 6.45) is 4.17. The first-order valence-electron chi connectivity index (χ1n) is 10.4. The molecule has 6 nitrogen and oxygen atoms in total. The molecule has 1 aromatic heterocycles. The van der Waals surface area contributed by atoms with Crippen LogP contribution in [-0.2, 0) is 22.6 Å². The number of amides is 1. The third-order valence-electron chi connectivity index (χ3n) is 5.66. The summed E-state index contributed by atoms with van der Waals surface area (Å²) in [6.45, 7) is 2.23. The number of aliphatic hydroxyl groups excluding tert-OH is 1. The minimum Gasteiger partial charge on any atom is -0.507 e. The first kappa shape index (κ1) is 21.3. The molecular formula is C26H24N2O4. The Morgan fingerprint density at radius 1 is 1.06 bits per heavy atom. The Hall–Kier alpha value is -3.93. The Balaban J connectivity index is 1.85. The van der Waals surface area contributed by atoms with Gasteiger partial charge in [0.1, 0.15) is 11.5 Å². The van der Waals surface area contributed by atoms with Crippen molar-refractivity contribution in [3.05, 3.63) is 101 Å². The molecule has 0 spiro atoms. The lowest BCUT2D eigenvalue weighted by Crippen LogP contribution is -2.29. The Labute approximate surface area is 186 Å². The van der Waals surface area contributed by atoms with E-state index in [9.17, 15) is 14.7 Å². The van der Waals surface area contributed by atoms with E-state index in [4.69, 9.17) is 4.74 Å². The zero-order chi connectivity index (χ0) is 22.7. The molecule has 1 atom stereocenters. The first-order valence-corrected chi connectivity index (χ1v) is 10.4. The van der Waals surface area contributed by atoms with Gasteiger partial charge >= 0.3 is 0 Å². The number of hydrogen-bond acceptors (Lipinski definition) is 5. The molecule has 32 heavy (non-hydrogen) atoms. The van der Waals surface area contributed by atoms with Gasteiger partial charge in [-0.1, -0.05) is 49.4 Å². The molecule has 4 rings (SSSR count). The number of aryl methyl sites for hydroxylation is 1. The summed E-state index contributed by atoms with van der Waals surface area (Å²) in [4.78, 5) is 31.8. The number of aliphatic hydroxyl groups is 1. The van der Waals surface area contributed by atoms with E-state index >= 15 is 0 Å². The standard InChI is InChI=1S/C26H24N2O4/c1-3-17-9-11-19(12-10-17)24(29)22-23(20-7-4-8-21(14-20)32-2)28(26(31)25(22)30)16-18-6-5-13-27-15-18/h4-15,23,29H,3,16H2,1-2H3/b24-22-. The van der Waals surface area contributed by atoms with Crippen LogP contribution < -0.4 is 4.74 Å². The highest BCUT2D eigenvalue weighted by Gasteiger charge is 2.46. The van der Waals surface area contributed by atoms with Crippen LogP contribution in [0.25, 0.3) is 5.76 Å². The largest absolute Gasteiger partial charge is 0.507 e. The fraction of sp³-hybridized carbons (Fsp3) is 0.192. The molecule has 0 aliphatic carbocycles. The second-order valence-electron chi connectivity index (χ2n) is 7.62. The Morgan fingerprint density at radius 3 is 2.50 bits per heavy atom. The van der Waals surface area contributed by atoms with E-state index in [1.54, 1.807) is 55.9 Å². The van der Waals surface area contributed by atoms with Gasteiger partial charge in [-0.15, -0.1) is 0 Å². The molecule has 1 saturated heterocycles. The number of nitrogens with zero attached hydrogens (tertiary/aromatic N) is 2. The Bertz CT molecular complexity index is 1170.